The molecule has 4 heteroatoms. The van der Waals surface area contributed by atoms with Gasteiger partial charge in [0.25, 0.3) is 0 Å². The van der Waals surface area contributed by atoms with Gasteiger partial charge in [-0.15, -0.1) is 11.3 Å². The van der Waals surface area contributed by atoms with Crippen LogP contribution in [0.25, 0.3) is 0 Å². The fraction of sp³-hybridized carbons (Fsp3) is 0.667. The van der Waals surface area contributed by atoms with Gasteiger partial charge in [0.15, 0.2) is 0 Å². The van der Waals surface area contributed by atoms with Gasteiger partial charge in [-0.25, -0.2) is 0 Å². The molecule has 1 aliphatic rings. The van der Waals surface area contributed by atoms with Crippen molar-refractivity contribution in [1.29, 1.82) is 0 Å². The number of aryl methyl sites for hydroxylation is 1. The number of nitrogens with zero attached hydrogens (tertiary/aromatic N) is 1. The highest BCUT2D eigenvalue weighted by Gasteiger charge is 2.28. The van der Waals surface area contributed by atoms with Crippen LogP contribution >= 0.6 is 11.3 Å². The Morgan fingerprint density at radius 1 is 1.62 bits per heavy atom. The molecular formula is C12H20N2OS. The zero-order valence-electron chi connectivity index (χ0n) is 9.72. The molecule has 1 aromatic heterocycles. The van der Waals surface area contributed by atoms with Gasteiger partial charge in [-0.05, 0) is 37.9 Å². The summed E-state index contributed by atoms with van der Waals surface area (Å²) in [6.45, 7) is 5.14. The average Bonchev–Trinajstić information content (AvgIpc) is 2.89. The van der Waals surface area contributed by atoms with E-state index in [1.54, 1.807) is 0 Å². The molecule has 90 valence electrons. The van der Waals surface area contributed by atoms with Crippen molar-refractivity contribution in [1.82, 2.24) is 4.90 Å². The second-order valence-electron chi connectivity index (χ2n) is 4.53. The minimum atomic E-state index is 0.303. The average molecular weight is 240 g/mol. The summed E-state index contributed by atoms with van der Waals surface area (Å²) in [5, 5.41) is 9.16. The number of hydrogen-bond donors (Lipinski definition) is 2. The molecule has 0 saturated carbocycles. The van der Waals surface area contributed by atoms with E-state index in [1.807, 2.05) is 11.3 Å². The van der Waals surface area contributed by atoms with E-state index in [1.165, 1.54) is 9.75 Å². The minimum absolute atomic E-state index is 0.303. The molecule has 1 aromatic rings. The topological polar surface area (TPSA) is 49.5 Å². The molecule has 3 nitrogen and oxygen atoms in total. The molecule has 0 radical (unpaired) electrons. The van der Waals surface area contributed by atoms with Gasteiger partial charge in [0.2, 0.25) is 0 Å². The van der Waals surface area contributed by atoms with Crippen molar-refractivity contribution in [3.63, 3.8) is 0 Å². The van der Waals surface area contributed by atoms with Gasteiger partial charge in [0, 0.05) is 29.5 Å². The highest BCUT2D eigenvalue weighted by Crippen LogP contribution is 2.30. The normalized spacial score (nSPS) is 23.8. The zero-order valence-corrected chi connectivity index (χ0v) is 10.5. The Hall–Kier alpha value is -0.420. The molecule has 0 bridgehead atoms. The van der Waals surface area contributed by atoms with E-state index in [9.17, 15) is 0 Å². The number of aliphatic hydroxyl groups excluding tert-OH is 1. The van der Waals surface area contributed by atoms with Gasteiger partial charge in [0.1, 0.15) is 0 Å². The number of thiophene rings is 1. The zero-order chi connectivity index (χ0) is 11.5. The smallest absolute Gasteiger partial charge is 0.0564 e. The number of hydrogen-bond acceptors (Lipinski definition) is 4. The van der Waals surface area contributed by atoms with Crippen molar-refractivity contribution >= 4 is 11.3 Å². The Kier molecular flexibility index (Phi) is 3.97. The van der Waals surface area contributed by atoms with E-state index in [4.69, 9.17) is 10.8 Å². The molecule has 1 aliphatic heterocycles. The van der Waals surface area contributed by atoms with Crippen LogP contribution in [0.4, 0.5) is 0 Å². The Balaban J connectivity index is 2.06. The van der Waals surface area contributed by atoms with E-state index in [2.05, 4.69) is 24.0 Å². The van der Waals surface area contributed by atoms with Gasteiger partial charge < -0.3 is 10.8 Å². The Morgan fingerprint density at radius 2 is 2.44 bits per heavy atom. The molecule has 0 aromatic carbocycles. The molecule has 1 fully saturated rings. The molecule has 3 N–H and O–H groups in total. The standard InChI is InChI=1S/C12H20N2OS/c1-9-2-3-12(16-9)11(6-13)14-5-4-10(7-14)8-15/h2-3,10-11,15H,4-8,13H2,1H3. The fourth-order valence-corrected chi connectivity index (χ4v) is 3.40. The van der Waals surface area contributed by atoms with Crippen LogP contribution in [0.1, 0.15) is 22.2 Å². The first-order chi connectivity index (χ1) is 7.74. The molecule has 0 spiro atoms. The van der Waals surface area contributed by atoms with Crippen LogP contribution in [0.15, 0.2) is 12.1 Å². The summed E-state index contributed by atoms with van der Waals surface area (Å²) in [6, 6.07) is 4.68. The molecule has 0 amide bonds. The maximum absolute atomic E-state index is 9.16. The van der Waals surface area contributed by atoms with Crippen LogP contribution in [0.5, 0.6) is 0 Å². The maximum atomic E-state index is 9.16. The van der Waals surface area contributed by atoms with E-state index in [-0.39, 0.29) is 0 Å². The van der Waals surface area contributed by atoms with E-state index < -0.39 is 0 Å². The predicted octanol–water partition coefficient (Wildman–Crippen LogP) is 1.37. The Morgan fingerprint density at radius 3 is 2.94 bits per heavy atom. The second kappa shape index (κ2) is 5.27. The number of nitrogens with two attached hydrogens (primary N) is 1. The van der Waals surface area contributed by atoms with Gasteiger partial charge in [-0.3, -0.25) is 4.90 Å². The fourth-order valence-electron chi connectivity index (χ4n) is 2.37. The summed E-state index contributed by atoms with van der Waals surface area (Å²) in [5.41, 5.74) is 5.88. The number of rotatable bonds is 4. The lowest BCUT2D eigenvalue weighted by molar-refractivity contribution is 0.202. The molecule has 1 saturated heterocycles. The van der Waals surface area contributed by atoms with Gasteiger partial charge >= 0.3 is 0 Å². The van der Waals surface area contributed by atoms with Gasteiger partial charge in [-0.1, -0.05) is 0 Å². The molecule has 2 rings (SSSR count). The third-order valence-corrected chi connectivity index (χ3v) is 4.43. The Bertz CT molecular complexity index is 340. The lowest BCUT2D eigenvalue weighted by atomic mass is 10.1. The van der Waals surface area contributed by atoms with Crippen molar-refractivity contribution in [2.75, 3.05) is 26.2 Å². The summed E-state index contributed by atoms with van der Waals surface area (Å²) in [4.78, 5) is 5.11. The first kappa shape index (κ1) is 12.0. The van der Waals surface area contributed by atoms with Crippen LogP contribution in [0.2, 0.25) is 0 Å². The number of likely N-dealkylation sites (tertiary alicyclic amines) is 1. The lowest BCUT2D eigenvalue weighted by Crippen LogP contribution is -2.31. The molecule has 0 aliphatic carbocycles. The summed E-state index contributed by atoms with van der Waals surface area (Å²) in [5.74, 6) is 0.440. The van der Waals surface area contributed by atoms with Crippen LogP contribution in [0, 0.1) is 12.8 Å². The first-order valence-electron chi connectivity index (χ1n) is 5.86. The lowest BCUT2D eigenvalue weighted by Gasteiger charge is -2.25. The monoisotopic (exact) mass is 240 g/mol. The van der Waals surface area contributed by atoms with Crippen molar-refractivity contribution in [2.45, 2.75) is 19.4 Å². The summed E-state index contributed by atoms with van der Waals surface area (Å²) < 4.78 is 0. The van der Waals surface area contributed by atoms with Gasteiger partial charge in [-0.2, -0.15) is 0 Å². The van der Waals surface area contributed by atoms with Crippen molar-refractivity contribution in [2.24, 2.45) is 11.7 Å². The summed E-state index contributed by atoms with van der Waals surface area (Å²) >= 11 is 1.83. The van der Waals surface area contributed by atoms with E-state index >= 15 is 0 Å². The Labute approximate surface area is 101 Å². The second-order valence-corrected chi connectivity index (χ2v) is 5.85. The summed E-state index contributed by atoms with van der Waals surface area (Å²) in [7, 11) is 0. The van der Waals surface area contributed by atoms with E-state index in [0.717, 1.165) is 19.5 Å². The third-order valence-electron chi connectivity index (χ3n) is 3.33. The minimum Gasteiger partial charge on any atom is -0.396 e. The third kappa shape index (κ3) is 2.46. The van der Waals surface area contributed by atoms with Crippen LogP contribution in [-0.2, 0) is 0 Å². The molecule has 2 heterocycles. The quantitative estimate of drug-likeness (QED) is 0.836. The molecule has 2 atom stereocenters. The van der Waals surface area contributed by atoms with Crippen molar-refractivity contribution in [3.8, 4) is 0 Å². The molecule has 16 heavy (non-hydrogen) atoms. The van der Waals surface area contributed by atoms with E-state index in [0.29, 0.717) is 25.1 Å². The summed E-state index contributed by atoms with van der Waals surface area (Å²) in [6.07, 6.45) is 1.09. The maximum Gasteiger partial charge on any atom is 0.0564 e. The largest absolute Gasteiger partial charge is 0.396 e. The van der Waals surface area contributed by atoms with Crippen molar-refractivity contribution < 1.29 is 5.11 Å². The first-order valence-corrected chi connectivity index (χ1v) is 6.67. The van der Waals surface area contributed by atoms with Crippen molar-refractivity contribution in [3.05, 3.63) is 21.9 Å². The van der Waals surface area contributed by atoms with Crippen LogP contribution in [0.3, 0.4) is 0 Å². The van der Waals surface area contributed by atoms with Crippen LogP contribution < -0.4 is 5.73 Å². The molecule has 2 unspecified atom stereocenters. The SMILES string of the molecule is Cc1ccc(C(CN)N2CCC(CO)C2)s1. The number of aliphatic hydroxyl groups is 1. The van der Waals surface area contributed by atoms with Gasteiger partial charge in [0.05, 0.1) is 6.04 Å². The van der Waals surface area contributed by atoms with Crippen LogP contribution in [-0.4, -0.2) is 36.2 Å². The highest BCUT2D eigenvalue weighted by atomic mass is 32.1. The highest BCUT2D eigenvalue weighted by molar-refractivity contribution is 7.12. The predicted molar refractivity (Wildman–Crippen MR) is 67.6 cm³/mol. The molecular weight excluding hydrogens is 220 g/mol.